The number of halogens is 1. The Balaban J connectivity index is 1.51. The number of hydrogen-bond donors (Lipinski definition) is 1. The van der Waals surface area contributed by atoms with E-state index in [-0.39, 0.29) is 18.5 Å². The van der Waals surface area contributed by atoms with Gasteiger partial charge in [-0.15, -0.1) is 0 Å². The van der Waals surface area contributed by atoms with Crippen molar-refractivity contribution in [3.63, 3.8) is 0 Å². The highest BCUT2D eigenvalue weighted by atomic mass is 35.5. The second-order valence-electron chi connectivity index (χ2n) is 7.34. The third-order valence-electron chi connectivity index (χ3n) is 5.08. The molecule has 1 heterocycles. The molecular formula is C21H26ClN3O3S. The molecule has 0 saturated carbocycles. The van der Waals surface area contributed by atoms with Crippen LogP contribution in [0, 0.1) is 6.92 Å². The zero-order chi connectivity index (χ0) is 21.0. The molecule has 1 aliphatic rings. The number of sulfonamides is 1. The number of piperazine rings is 1. The van der Waals surface area contributed by atoms with Gasteiger partial charge in [-0.3, -0.25) is 9.69 Å². The summed E-state index contributed by atoms with van der Waals surface area (Å²) in [5, 5.41) is 3.61. The average Bonchev–Trinajstić information content (AvgIpc) is 2.68. The SMILES string of the molecule is Cc1ccc(S(=O)(=O)N2CCN(CC(=O)NC(C)c3cccc(Cl)c3)CC2)cc1. The first kappa shape index (κ1) is 21.8. The second-order valence-corrected chi connectivity index (χ2v) is 9.71. The fourth-order valence-electron chi connectivity index (χ4n) is 3.34. The summed E-state index contributed by atoms with van der Waals surface area (Å²) in [4.78, 5) is 14.7. The number of amides is 1. The molecule has 0 spiro atoms. The summed E-state index contributed by atoms with van der Waals surface area (Å²) < 4.78 is 27.0. The Morgan fingerprint density at radius 3 is 2.38 bits per heavy atom. The van der Waals surface area contributed by atoms with E-state index < -0.39 is 10.0 Å². The highest BCUT2D eigenvalue weighted by Gasteiger charge is 2.29. The van der Waals surface area contributed by atoms with Gasteiger partial charge in [0, 0.05) is 31.2 Å². The number of benzene rings is 2. The predicted octanol–water partition coefficient (Wildman–Crippen LogP) is 2.83. The third kappa shape index (κ3) is 5.57. The standard InChI is InChI=1S/C21H26ClN3O3S/c1-16-6-8-20(9-7-16)29(27,28)25-12-10-24(11-13-25)15-21(26)23-17(2)18-4-3-5-19(22)14-18/h3-9,14,17H,10-13,15H2,1-2H3,(H,23,26). The maximum Gasteiger partial charge on any atom is 0.243 e. The number of carbonyl (C=O) groups is 1. The van der Waals surface area contributed by atoms with Crippen LogP contribution in [0.25, 0.3) is 0 Å². The van der Waals surface area contributed by atoms with Crippen molar-refractivity contribution < 1.29 is 13.2 Å². The molecule has 1 fully saturated rings. The molecule has 0 aromatic heterocycles. The quantitative estimate of drug-likeness (QED) is 0.757. The molecule has 29 heavy (non-hydrogen) atoms. The van der Waals surface area contributed by atoms with E-state index in [1.165, 1.54) is 4.31 Å². The molecule has 0 radical (unpaired) electrons. The van der Waals surface area contributed by atoms with E-state index >= 15 is 0 Å². The van der Waals surface area contributed by atoms with Gasteiger partial charge in [0.05, 0.1) is 17.5 Å². The second kappa shape index (κ2) is 9.26. The third-order valence-corrected chi connectivity index (χ3v) is 7.23. The molecule has 3 rings (SSSR count). The Labute approximate surface area is 177 Å². The molecule has 1 amide bonds. The van der Waals surface area contributed by atoms with Crippen molar-refractivity contribution in [3.05, 3.63) is 64.7 Å². The van der Waals surface area contributed by atoms with Gasteiger partial charge in [-0.2, -0.15) is 4.31 Å². The number of nitrogens with one attached hydrogen (secondary N) is 1. The van der Waals surface area contributed by atoms with Gasteiger partial charge in [-0.1, -0.05) is 41.4 Å². The van der Waals surface area contributed by atoms with Crippen molar-refractivity contribution in [1.29, 1.82) is 0 Å². The first-order chi connectivity index (χ1) is 13.8. The first-order valence-corrected chi connectivity index (χ1v) is 11.4. The van der Waals surface area contributed by atoms with Gasteiger partial charge in [-0.05, 0) is 43.7 Å². The zero-order valence-electron chi connectivity index (χ0n) is 16.6. The van der Waals surface area contributed by atoms with Crippen LogP contribution in [0.3, 0.4) is 0 Å². The molecule has 2 aromatic carbocycles. The van der Waals surface area contributed by atoms with Gasteiger partial charge in [0.15, 0.2) is 0 Å². The van der Waals surface area contributed by atoms with Crippen molar-refractivity contribution in [1.82, 2.24) is 14.5 Å². The molecule has 1 unspecified atom stereocenters. The summed E-state index contributed by atoms with van der Waals surface area (Å²) in [6.07, 6.45) is 0. The smallest absolute Gasteiger partial charge is 0.243 e. The van der Waals surface area contributed by atoms with Gasteiger partial charge in [0.25, 0.3) is 0 Å². The van der Waals surface area contributed by atoms with Crippen LogP contribution in [0.2, 0.25) is 5.02 Å². The Hall–Kier alpha value is -1.93. The van der Waals surface area contributed by atoms with E-state index in [1.807, 2.05) is 36.9 Å². The van der Waals surface area contributed by atoms with Crippen LogP contribution in [0.5, 0.6) is 0 Å². The molecule has 0 aliphatic carbocycles. The summed E-state index contributed by atoms with van der Waals surface area (Å²) in [5.41, 5.74) is 1.96. The van der Waals surface area contributed by atoms with Crippen molar-refractivity contribution in [2.24, 2.45) is 0 Å². The average molecular weight is 436 g/mol. The summed E-state index contributed by atoms with van der Waals surface area (Å²) >= 11 is 6.01. The predicted molar refractivity (Wildman–Crippen MR) is 114 cm³/mol. The maximum absolute atomic E-state index is 12.8. The molecule has 1 N–H and O–H groups in total. The number of rotatable bonds is 6. The van der Waals surface area contributed by atoms with E-state index in [1.54, 1.807) is 30.3 Å². The van der Waals surface area contributed by atoms with Gasteiger partial charge in [0.2, 0.25) is 15.9 Å². The minimum Gasteiger partial charge on any atom is -0.348 e. The zero-order valence-corrected chi connectivity index (χ0v) is 18.2. The molecule has 1 atom stereocenters. The van der Waals surface area contributed by atoms with Crippen LogP contribution in [-0.2, 0) is 14.8 Å². The topological polar surface area (TPSA) is 69.7 Å². The maximum atomic E-state index is 12.8. The minimum absolute atomic E-state index is 0.0904. The number of nitrogens with zero attached hydrogens (tertiary/aromatic N) is 2. The van der Waals surface area contributed by atoms with E-state index in [0.29, 0.717) is 36.1 Å². The molecule has 6 nitrogen and oxygen atoms in total. The van der Waals surface area contributed by atoms with Crippen molar-refractivity contribution in [3.8, 4) is 0 Å². The van der Waals surface area contributed by atoms with Gasteiger partial charge < -0.3 is 5.32 Å². The molecule has 1 saturated heterocycles. The molecule has 156 valence electrons. The highest BCUT2D eigenvalue weighted by molar-refractivity contribution is 7.89. The molecule has 0 bridgehead atoms. The van der Waals surface area contributed by atoms with E-state index in [4.69, 9.17) is 11.6 Å². The van der Waals surface area contributed by atoms with Crippen molar-refractivity contribution >= 4 is 27.5 Å². The lowest BCUT2D eigenvalue weighted by Gasteiger charge is -2.33. The highest BCUT2D eigenvalue weighted by Crippen LogP contribution is 2.19. The lowest BCUT2D eigenvalue weighted by molar-refractivity contribution is -0.123. The molecule has 8 heteroatoms. The van der Waals surface area contributed by atoms with Gasteiger partial charge in [-0.25, -0.2) is 8.42 Å². The van der Waals surface area contributed by atoms with Crippen LogP contribution in [0.1, 0.15) is 24.1 Å². The molecule has 2 aromatic rings. The Bertz CT molecular complexity index is 955. The lowest BCUT2D eigenvalue weighted by Crippen LogP contribution is -2.51. The Kier molecular flexibility index (Phi) is 6.95. The summed E-state index contributed by atoms with van der Waals surface area (Å²) in [6, 6.07) is 14.1. The molecular weight excluding hydrogens is 410 g/mol. The fraction of sp³-hybridized carbons (Fsp3) is 0.381. The van der Waals surface area contributed by atoms with E-state index in [2.05, 4.69) is 5.32 Å². The number of aryl methyl sites for hydroxylation is 1. The number of hydrogen-bond acceptors (Lipinski definition) is 4. The first-order valence-electron chi connectivity index (χ1n) is 9.60. The fourth-order valence-corrected chi connectivity index (χ4v) is 4.96. The van der Waals surface area contributed by atoms with Crippen molar-refractivity contribution in [2.75, 3.05) is 32.7 Å². The summed E-state index contributed by atoms with van der Waals surface area (Å²) in [7, 11) is -3.50. The van der Waals surface area contributed by atoms with Crippen LogP contribution >= 0.6 is 11.6 Å². The molecule has 1 aliphatic heterocycles. The van der Waals surface area contributed by atoms with Crippen molar-refractivity contribution in [2.45, 2.75) is 24.8 Å². The summed E-state index contributed by atoms with van der Waals surface area (Å²) in [5.74, 6) is -0.0904. The van der Waals surface area contributed by atoms with Gasteiger partial charge >= 0.3 is 0 Å². The normalized spacial score (nSPS) is 17.1. The Morgan fingerprint density at radius 2 is 1.76 bits per heavy atom. The van der Waals surface area contributed by atoms with Crippen LogP contribution < -0.4 is 5.32 Å². The van der Waals surface area contributed by atoms with E-state index in [9.17, 15) is 13.2 Å². The largest absolute Gasteiger partial charge is 0.348 e. The number of carbonyl (C=O) groups excluding carboxylic acids is 1. The van der Waals surface area contributed by atoms with E-state index in [0.717, 1.165) is 11.1 Å². The Morgan fingerprint density at radius 1 is 1.10 bits per heavy atom. The lowest BCUT2D eigenvalue weighted by atomic mass is 10.1. The van der Waals surface area contributed by atoms with Crippen LogP contribution in [0.4, 0.5) is 0 Å². The minimum atomic E-state index is -3.50. The summed E-state index contributed by atoms with van der Waals surface area (Å²) in [6.45, 7) is 5.85. The van der Waals surface area contributed by atoms with Crippen LogP contribution in [0.15, 0.2) is 53.4 Å². The monoisotopic (exact) mass is 435 g/mol. The van der Waals surface area contributed by atoms with Crippen LogP contribution in [-0.4, -0.2) is 56.3 Å². The van der Waals surface area contributed by atoms with Gasteiger partial charge in [0.1, 0.15) is 0 Å².